The molecular weight excluding hydrogens is 111 g/mol. The number of aliphatic hydroxyl groups excluding tert-OH is 1. The van der Waals surface area contributed by atoms with E-state index in [-0.39, 0.29) is 18.8 Å². The number of ketones is 1. The topological polar surface area (TPSA) is 37.3 Å². The molecule has 0 radical (unpaired) electrons. The molecule has 0 aliphatic heterocycles. The van der Waals surface area contributed by atoms with Crippen LogP contribution in [0, 0.1) is 5.92 Å². The fraction of sp³-hybridized carbons (Fsp3) is 0.800. The van der Waals surface area contributed by atoms with Crippen LogP contribution < -0.4 is 0 Å². The summed E-state index contributed by atoms with van der Waals surface area (Å²) in [6.45, 7) is -0.201. The summed E-state index contributed by atoms with van der Waals surface area (Å²) in [5.41, 5.74) is 0. The van der Waals surface area contributed by atoms with Crippen molar-refractivity contribution in [3.05, 3.63) is 0 Å². The molecule has 2 nitrogen and oxygen atoms in total. The molecule has 0 bridgehead atoms. The van der Waals surface area contributed by atoms with Gasteiger partial charge in [-0.3, -0.25) is 4.79 Å². The Bertz CT molecular complexity index is 113. The van der Waals surface area contributed by atoms with Gasteiger partial charge in [0.1, 0.15) is 0 Å². The Morgan fingerprint density at radius 2 is 2.50 bits per heavy atom. The highest BCUT2D eigenvalue weighted by atomic mass is 19.1. The molecule has 1 aliphatic carbocycles. The van der Waals surface area contributed by atoms with E-state index in [2.05, 4.69) is 0 Å². The van der Waals surface area contributed by atoms with E-state index < -0.39 is 12.1 Å². The van der Waals surface area contributed by atoms with Crippen LogP contribution in [0.3, 0.4) is 0 Å². The maximum Gasteiger partial charge on any atom is 0.167 e. The van der Waals surface area contributed by atoms with Crippen LogP contribution in [0.5, 0.6) is 0 Å². The molecule has 0 aromatic rings. The molecule has 0 saturated heterocycles. The van der Waals surface area contributed by atoms with Gasteiger partial charge in [-0.2, -0.15) is 0 Å². The molecule has 0 aromatic heterocycles. The van der Waals surface area contributed by atoms with Gasteiger partial charge >= 0.3 is 0 Å². The smallest absolute Gasteiger partial charge is 0.167 e. The van der Waals surface area contributed by atoms with E-state index in [1.54, 1.807) is 0 Å². The van der Waals surface area contributed by atoms with Gasteiger partial charge < -0.3 is 5.11 Å². The Balaban J connectivity index is 2.35. The first-order valence-electron chi connectivity index (χ1n) is 2.53. The van der Waals surface area contributed by atoms with E-state index in [1.807, 2.05) is 0 Å². The normalized spacial score (nSPS) is 37.0. The molecule has 2 atom stereocenters. The van der Waals surface area contributed by atoms with Crippen molar-refractivity contribution >= 4 is 5.78 Å². The third-order valence-corrected chi connectivity index (χ3v) is 1.42. The number of alkyl halides is 1. The van der Waals surface area contributed by atoms with E-state index in [1.165, 1.54) is 0 Å². The summed E-state index contributed by atoms with van der Waals surface area (Å²) in [5, 5.41) is 8.28. The second kappa shape index (κ2) is 1.82. The number of carbonyl (C=O) groups excluding carboxylic acids is 1. The quantitative estimate of drug-likeness (QED) is 0.522. The second-order valence-corrected chi connectivity index (χ2v) is 2.01. The Hall–Kier alpha value is -0.440. The van der Waals surface area contributed by atoms with Gasteiger partial charge in [0.2, 0.25) is 0 Å². The third-order valence-electron chi connectivity index (χ3n) is 1.42. The number of carbonyl (C=O) groups is 1. The molecule has 1 rings (SSSR count). The minimum Gasteiger partial charge on any atom is -0.396 e. The fourth-order valence-corrected chi connectivity index (χ4v) is 0.734. The van der Waals surface area contributed by atoms with E-state index in [4.69, 9.17) is 5.11 Å². The zero-order chi connectivity index (χ0) is 6.15. The van der Waals surface area contributed by atoms with Crippen LogP contribution in [0.25, 0.3) is 0 Å². The Labute approximate surface area is 46.3 Å². The summed E-state index contributed by atoms with van der Waals surface area (Å²) in [4.78, 5) is 10.1. The monoisotopic (exact) mass is 118 g/mol. The summed E-state index contributed by atoms with van der Waals surface area (Å²) in [6.07, 6.45) is -1.16. The SMILES string of the molecule is O=C1CC(CO)C1F. The maximum absolute atomic E-state index is 12.1. The zero-order valence-electron chi connectivity index (χ0n) is 4.30. The van der Waals surface area contributed by atoms with Crippen LogP contribution in [0.4, 0.5) is 4.39 Å². The van der Waals surface area contributed by atoms with Gasteiger partial charge in [0.25, 0.3) is 0 Å². The Morgan fingerprint density at radius 1 is 1.88 bits per heavy atom. The number of aliphatic hydroxyl groups is 1. The highest BCUT2D eigenvalue weighted by molar-refractivity contribution is 5.89. The minimum atomic E-state index is -1.38. The molecule has 1 fully saturated rings. The molecule has 2 unspecified atom stereocenters. The summed E-state index contributed by atoms with van der Waals surface area (Å²) >= 11 is 0. The van der Waals surface area contributed by atoms with Gasteiger partial charge in [-0.05, 0) is 0 Å². The Morgan fingerprint density at radius 3 is 2.62 bits per heavy atom. The van der Waals surface area contributed by atoms with E-state index in [0.29, 0.717) is 0 Å². The molecule has 1 N–H and O–H groups in total. The first-order chi connectivity index (χ1) is 3.75. The number of Topliss-reactive ketones (excluding diaryl/α,β-unsaturated/α-hetero) is 1. The van der Waals surface area contributed by atoms with Crippen molar-refractivity contribution in [2.24, 2.45) is 5.92 Å². The summed E-state index contributed by atoms with van der Waals surface area (Å²) in [7, 11) is 0. The van der Waals surface area contributed by atoms with Crippen LogP contribution in [-0.4, -0.2) is 23.7 Å². The van der Waals surface area contributed by atoms with E-state index >= 15 is 0 Å². The van der Waals surface area contributed by atoms with Crippen molar-refractivity contribution in [2.75, 3.05) is 6.61 Å². The van der Waals surface area contributed by atoms with Crippen molar-refractivity contribution in [3.63, 3.8) is 0 Å². The van der Waals surface area contributed by atoms with Crippen molar-refractivity contribution in [3.8, 4) is 0 Å². The first kappa shape index (κ1) is 5.69. The largest absolute Gasteiger partial charge is 0.396 e. The summed E-state index contributed by atoms with van der Waals surface area (Å²) in [5.74, 6) is -0.772. The molecule has 0 heterocycles. The third kappa shape index (κ3) is 0.629. The predicted octanol–water partition coefficient (Wildman–Crippen LogP) is -0.0942. The van der Waals surface area contributed by atoms with Crippen molar-refractivity contribution in [1.29, 1.82) is 0 Å². The van der Waals surface area contributed by atoms with Crippen LogP contribution >= 0.6 is 0 Å². The average molecular weight is 118 g/mol. The molecule has 0 aromatic carbocycles. The lowest BCUT2D eigenvalue weighted by molar-refractivity contribution is -0.137. The first-order valence-corrected chi connectivity index (χ1v) is 2.53. The van der Waals surface area contributed by atoms with Gasteiger partial charge in [0.15, 0.2) is 12.0 Å². The van der Waals surface area contributed by atoms with Crippen molar-refractivity contribution < 1.29 is 14.3 Å². The zero-order valence-corrected chi connectivity index (χ0v) is 4.30. The highest BCUT2D eigenvalue weighted by Gasteiger charge is 2.39. The molecule has 0 spiro atoms. The molecule has 3 heteroatoms. The lowest BCUT2D eigenvalue weighted by Crippen LogP contribution is -2.41. The lowest BCUT2D eigenvalue weighted by Gasteiger charge is -2.26. The van der Waals surface area contributed by atoms with E-state index in [9.17, 15) is 9.18 Å². The molecule has 1 aliphatic rings. The maximum atomic E-state index is 12.1. The second-order valence-electron chi connectivity index (χ2n) is 2.01. The molecule has 8 heavy (non-hydrogen) atoms. The van der Waals surface area contributed by atoms with Gasteiger partial charge in [0.05, 0.1) is 0 Å². The number of hydrogen-bond acceptors (Lipinski definition) is 2. The fourth-order valence-electron chi connectivity index (χ4n) is 0.734. The predicted molar refractivity (Wildman–Crippen MR) is 25.1 cm³/mol. The standard InChI is InChI=1S/C5H7FO2/c6-5-3(2-7)1-4(5)8/h3,5,7H,1-2H2. The van der Waals surface area contributed by atoms with Crippen molar-refractivity contribution in [2.45, 2.75) is 12.6 Å². The van der Waals surface area contributed by atoms with Crippen LogP contribution in [0.15, 0.2) is 0 Å². The molecule has 46 valence electrons. The molecular formula is C5H7FO2. The van der Waals surface area contributed by atoms with Gasteiger partial charge in [-0.15, -0.1) is 0 Å². The van der Waals surface area contributed by atoms with Gasteiger partial charge in [-0.25, -0.2) is 4.39 Å². The van der Waals surface area contributed by atoms with E-state index in [0.717, 1.165) is 0 Å². The van der Waals surface area contributed by atoms with Crippen LogP contribution in [-0.2, 0) is 4.79 Å². The average Bonchev–Trinajstić information content (AvgIpc) is 1.81. The highest BCUT2D eigenvalue weighted by Crippen LogP contribution is 2.25. The number of rotatable bonds is 1. The Kier molecular flexibility index (Phi) is 1.29. The number of hydrogen-bond donors (Lipinski definition) is 1. The summed E-state index contributed by atoms with van der Waals surface area (Å²) in [6, 6.07) is 0. The van der Waals surface area contributed by atoms with Gasteiger partial charge in [-0.1, -0.05) is 0 Å². The molecule has 0 amide bonds. The summed E-state index contributed by atoms with van der Waals surface area (Å²) < 4.78 is 12.1. The van der Waals surface area contributed by atoms with Crippen LogP contribution in [0.1, 0.15) is 6.42 Å². The van der Waals surface area contributed by atoms with Gasteiger partial charge in [0, 0.05) is 18.9 Å². The van der Waals surface area contributed by atoms with Crippen molar-refractivity contribution in [1.82, 2.24) is 0 Å². The number of halogens is 1. The minimum absolute atomic E-state index is 0.201. The lowest BCUT2D eigenvalue weighted by atomic mass is 9.83. The van der Waals surface area contributed by atoms with Crippen LogP contribution in [0.2, 0.25) is 0 Å². The molecule has 1 saturated carbocycles.